The van der Waals surface area contributed by atoms with Gasteiger partial charge in [-0.05, 0) is 19.3 Å². The van der Waals surface area contributed by atoms with Crippen LogP contribution in [0.25, 0.3) is 0 Å². The highest BCUT2D eigenvalue weighted by Crippen LogP contribution is 2.27. The minimum atomic E-state index is -0.330. The van der Waals surface area contributed by atoms with Gasteiger partial charge in [-0.2, -0.15) is 0 Å². The summed E-state index contributed by atoms with van der Waals surface area (Å²) in [5.41, 5.74) is 2.12. The van der Waals surface area contributed by atoms with Gasteiger partial charge in [0.25, 0.3) is 0 Å². The number of nitrogens with zero attached hydrogens (tertiary/aromatic N) is 1. The van der Waals surface area contributed by atoms with Crippen LogP contribution in [-0.2, 0) is 4.74 Å². The lowest BCUT2D eigenvalue weighted by atomic mass is 9.87. The van der Waals surface area contributed by atoms with E-state index in [0.717, 1.165) is 17.5 Å². The minimum Gasteiger partial charge on any atom is -0.461 e. The Bertz CT molecular complexity index is 400. The van der Waals surface area contributed by atoms with E-state index in [1.807, 2.05) is 0 Å². The van der Waals surface area contributed by atoms with E-state index >= 15 is 0 Å². The van der Waals surface area contributed by atoms with E-state index < -0.39 is 0 Å². The van der Waals surface area contributed by atoms with Gasteiger partial charge in [-0.3, -0.25) is 0 Å². The minimum absolute atomic E-state index is 0.330. The molecule has 1 aliphatic carbocycles. The van der Waals surface area contributed by atoms with Crippen molar-refractivity contribution in [2.24, 2.45) is 5.92 Å². The van der Waals surface area contributed by atoms with Gasteiger partial charge in [0.2, 0.25) is 0 Å². The van der Waals surface area contributed by atoms with Gasteiger partial charge in [-0.25, -0.2) is 9.78 Å². The van der Waals surface area contributed by atoms with Gasteiger partial charge >= 0.3 is 5.97 Å². The Labute approximate surface area is 118 Å². The number of esters is 1. The van der Waals surface area contributed by atoms with Gasteiger partial charge in [-0.15, -0.1) is 11.3 Å². The third-order valence-electron chi connectivity index (χ3n) is 3.60. The number of hydrogen-bond acceptors (Lipinski definition) is 5. The van der Waals surface area contributed by atoms with Crippen LogP contribution in [0.15, 0.2) is 5.51 Å². The molecule has 0 saturated heterocycles. The summed E-state index contributed by atoms with van der Waals surface area (Å²) < 4.78 is 4.99. The number of aromatic nitrogens is 1. The quantitative estimate of drug-likeness (QED) is 0.808. The second-order valence-electron chi connectivity index (χ2n) is 4.97. The highest BCUT2D eigenvalue weighted by Gasteiger charge is 2.17. The highest BCUT2D eigenvalue weighted by molar-refractivity contribution is 7.14. The molecule has 0 bridgehead atoms. The van der Waals surface area contributed by atoms with Crippen LogP contribution < -0.4 is 5.32 Å². The first-order valence-electron chi connectivity index (χ1n) is 7.15. The molecule has 0 unspecified atom stereocenters. The molecule has 0 radical (unpaired) electrons. The zero-order valence-electron chi connectivity index (χ0n) is 11.5. The average molecular weight is 282 g/mol. The van der Waals surface area contributed by atoms with E-state index in [2.05, 4.69) is 10.3 Å². The van der Waals surface area contributed by atoms with Crippen LogP contribution >= 0.6 is 11.3 Å². The van der Waals surface area contributed by atoms with E-state index in [-0.39, 0.29) is 5.97 Å². The molecule has 0 amide bonds. The first-order valence-corrected chi connectivity index (χ1v) is 8.03. The van der Waals surface area contributed by atoms with Crippen LogP contribution in [0.2, 0.25) is 0 Å². The van der Waals surface area contributed by atoms with Gasteiger partial charge in [0.1, 0.15) is 5.00 Å². The summed E-state index contributed by atoms with van der Waals surface area (Å²) in [7, 11) is 0. The van der Waals surface area contributed by atoms with Crippen molar-refractivity contribution in [1.29, 1.82) is 0 Å². The molecule has 4 nitrogen and oxygen atoms in total. The Hall–Kier alpha value is -1.10. The van der Waals surface area contributed by atoms with Crippen molar-refractivity contribution in [3.8, 4) is 0 Å². The number of rotatable bonds is 6. The van der Waals surface area contributed by atoms with Crippen LogP contribution in [0.5, 0.6) is 0 Å². The molecule has 1 heterocycles. The molecule has 1 aliphatic rings. The van der Waals surface area contributed by atoms with Crippen LogP contribution in [0, 0.1) is 5.92 Å². The maximum atomic E-state index is 11.7. The molecule has 1 fully saturated rings. The Balaban J connectivity index is 1.79. The Morgan fingerprint density at radius 1 is 1.47 bits per heavy atom. The molecule has 1 saturated carbocycles. The second kappa shape index (κ2) is 7.48. The van der Waals surface area contributed by atoms with E-state index in [4.69, 9.17) is 4.74 Å². The Kier molecular flexibility index (Phi) is 5.63. The van der Waals surface area contributed by atoms with E-state index in [0.29, 0.717) is 12.3 Å². The summed E-state index contributed by atoms with van der Waals surface area (Å²) in [5, 5.41) is 4.18. The third-order valence-corrected chi connectivity index (χ3v) is 4.38. The predicted molar refractivity (Wildman–Crippen MR) is 77.8 cm³/mol. The third kappa shape index (κ3) is 4.20. The summed E-state index contributed by atoms with van der Waals surface area (Å²) in [6, 6.07) is 0. The van der Waals surface area contributed by atoms with E-state index in [1.54, 1.807) is 12.4 Å². The fourth-order valence-corrected chi connectivity index (χ4v) is 3.28. The zero-order valence-corrected chi connectivity index (χ0v) is 12.3. The highest BCUT2D eigenvalue weighted by atomic mass is 32.1. The van der Waals surface area contributed by atoms with Crippen molar-refractivity contribution in [2.75, 3.05) is 18.5 Å². The molecule has 1 N–H and O–H groups in total. The maximum Gasteiger partial charge on any atom is 0.360 e. The smallest absolute Gasteiger partial charge is 0.360 e. The predicted octanol–water partition coefficient (Wildman–Crippen LogP) is 3.70. The molecule has 0 aromatic carbocycles. The van der Waals surface area contributed by atoms with Crippen molar-refractivity contribution in [1.82, 2.24) is 4.98 Å². The van der Waals surface area contributed by atoms with Crippen LogP contribution in [0.1, 0.15) is 55.9 Å². The normalized spacial score (nSPS) is 16.3. The van der Waals surface area contributed by atoms with E-state index in [1.165, 1.54) is 49.9 Å². The van der Waals surface area contributed by atoms with Crippen LogP contribution in [0.4, 0.5) is 5.00 Å². The molecule has 0 atom stereocenters. The van der Waals surface area contributed by atoms with Crippen molar-refractivity contribution in [3.63, 3.8) is 0 Å². The first-order chi connectivity index (χ1) is 9.31. The lowest BCUT2D eigenvalue weighted by Crippen LogP contribution is -2.13. The van der Waals surface area contributed by atoms with Gasteiger partial charge in [0.15, 0.2) is 5.69 Å². The van der Waals surface area contributed by atoms with Crippen LogP contribution in [-0.4, -0.2) is 24.1 Å². The monoisotopic (exact) mass is 282 g/mol. The maximum absolute atomic E-state index is 11.7. The number of ether oxygens (including phenoxy) is 1. The molecule has 0 spiro atoms. The number of nitrogens with one attached hydrogen (secondary N) is 1. The van der Waals surface area contributed by atoms with Crippen molar-refractivity contribution in [2.45, 2.75) is 45.4 Å². The molecule has 1 aromatic rings. The molecule has 1 aromatic heterocycles. The summed E-state index contributed by atoms with van der Waals surface area (Å²) in [4.78, 5) is 15.8. The standard InChI is InChI=1S/C14H22N2O2S/c1-2-18-14(17)12-13(19-10-16-12)15-9-8-11-6-4-3-5-7-11/h10-11,15H,2-9H2,1H3. The lowest BCUT2D eigenvalue weighted by Gasteiger charge is -2.21. The van der Waals surface area contributed by atoms with Gasteiger partial charge in [0, 0.05) is 6.54 Å². The van der Waals surface area contributed by atoms with Gasteiger partial charge < -0.3 is 10.1 Å². The average Bonchev–Trinajstić information content (AvgIpc) is 2.89. The lowest BCUT2D eigenvalue weighted by molar-refractivity contribution is 0.0521. The van der Waals surface area contributed by atoms with Crippen molar-refractivity contribution < 1.29 is 9.53 Å². The fourth-order valence-electron chi connectivity index (χ4n) is 2.58. The number of anilines is 1. The van der Waals surface area contributed by atoms with Crippen LogP contribution in [0.3, 0.4) is 0 Å². The number of carbonyl (C=O) groups is 1. The summed E-state index contributed by atoms with van der Waals surface area (Å²) in [6.07, 6.45) is 8.04. The van der Waals surface area contributed by atoms with Gasteiger partial charge in [0.05, 0.1) is 12.1 Å². The molecular weight excluding hydrogens is 260 g/mol. The molecule has 19 heavy (non-hydrogen) atoms. The largest absolute Gasteiger partial charge is 0.461 e. The molecular formula is C14H22N2O2S. The van der Waals surface area contributed by atoms with Crippen molar-refractivity contribution >= 4 is 22.3 Å². The second-order valence-corrected chi connectivity index (χ2v) is 5.82. The van der Waals surface area contributed by atoms with Gasteiger partial charge in [-0.1, -0.05) is 32.1 Å². The molecule has 5 heteroatoms. The zero-order chi connectivity index (χ0) is 13.5. The molecule has 106 valence electrons. The fraction of sp³-hybridized carbons (Fsp3) is 0.714. The summed E-state index contributed by atoms with van der Waals surface area (Å²) in [5.74, 6) is 0.518. The van der Waals surface area contributed by atoms with E-state index in [9.17, 15) is 4.79 Å². The number of hydrogen-bond donors (Lipinski definition) is 1. The summed E-state index contributed by atoms with van der Waals surface area (Å²) in [6.45, 7) is 3.11. The van der Waals surface area contributed by atoms with Crippen molar-refractivity contribution in [3.05, 3.63) is 11.2 Å². The molecule has 2 rings (SSSR count). The summed E-state index contributed by atoms with van der Waals surface area (Å²) >= 11 is 1.47. The Morgan fingerprint density at radius 2 is 2.26 bits per heavy atom. The topological polar surface area (TPSA) is 51.2 Å². The SMILES string of the molecule is CCOC(=O)c1ncsc1NCCC1CCCCC1. The Morgan fingerprint density at radius 3 is 3.00 bits per heavy atom. The molecule has 0 aliphatic heterocycles. The number of carbonyl (C=O) groups excluding carboxylic acids is 1. The number of thiazole rings is 1. The first kappa shape index (κ1) is 14.3.